The molecule has 0 bridgehead atoms. The summed E-state index contributed by atoms with van der Waals surface area (Å²) in [4.78, 5) is 14.6. The van der Waals surface area contributed by atoms with Crippen molar-refractivity contribution < 1.29 is 13.2 Å². The maximum Gasteiger partial charge on any atom is 0.254 e. The number of benzene rings is 3. The monoisotopic (exact) mass is 434 g/mol. The molecule has 0 unspecified atom stereocenters. The number of anilines is 1. The fraction of sp³-hybridized carbons (Fsp3) is 0.240. The van der Waals surface area contributed by atoms with Crippen LogP contribution in [-0.4, -0.2) is 25.8 Å². The number of aryl methyl sites for hydroxylation is 2. The first-order valence-electron chi connectivity index (χ1n) is 10.3. The van der Waals surface area contributed by atoms with Crippen molar-refractivity contribution in [2.24, 2.45) is 0 Å². The summed E-state index contributed by atoms with van der Waals surface area (Å²) in [5.41, 5.74) is 6.10. The lowest BCUT2D eigenvalue weighted by Crippen LogP contribution is -2.36. The first kappa shape index (κ1) is 21.1. The van der Waals surface area contributed by atoms with E-state index >= 15 is 0 Å². The smallest absolute Gasteiger partial charge is 0.254 e. The van der Waals surface area contributed by atoms with Crippen LogP contribution in [0.4, 0.5) is 5.69 Å². The molecule has 0 aliphatic carbocycles. The fourth-order valence-corrected chi connectivity index (χ4v) is 5.21. The zero-order valence-electron chi connectivity index (χ0n) is 17.8. The molecular formula is C25H26N2O3S. The van der Waals surface area contributed by atoms with E-state index < -0.39 is 10.0 Å². The molecule has 0 spiro atoms. The molecule has 0 aromatic heterocycles. The number of hydrogen-bond acceptors (Lipinski definition) is 3. The molecule has 1 amide bonds. The van der Waals surface area contributed by atoms with Crippen molar-refractivity contribution in [1.82, 2.24) is 4.90 Å². The second-order valence-corrected chi connectivity index (χ2v) is 9.84. The minimum atomic E-state index is -3.56. The quantitative estimate of drug-likeness (QED) is 0.645. The van der Waals surface area contributed by atoms with Crippen LogP contribution in [0.3, 0.4) is 0 Å². The van der Waals surface area contributed by atoms with E-state index in [1.54, 1.807) is 6.07 Å². The third-order valence-corrected chi connectivity index (χ3v) is 6.89. The Morgan fingerprint density at radius 3 is 2.52 bits per heavy atom. The highest BCUT2D eigenvalue weighted by Crippen LogP contribution is 2.25. The van der Waals surface area contributed by atoms with Crippen LogP contribution in [0.5, 0.6) is 0 Å². The summed E-state index contributed by atoms with van der Waals surface area (Å²) in [6.07, 6.45) is 0.753. The molecule has 31 heavy (non-hydrogen) atoms. The normalized spacial score (nSPS) is 13.5. The van der Waals surface area contributed by atoms with Crippen LogP contribution in [0.25, 0.3) is 0 Å². The van der Waals surface area contributed by atoms with Crippen LogP contribution in [0.15, 0.2) is 66.7 Å². The average molecular weight is 435 g/mol. The molecule has 0 radical (unpaired) electrons. The number of amides is 1. The molecule has 0 saturated carbocycles. The Morgan fingerprint density at radius 2 is 1.74 bits per heavy atom. The van der Waals surface area contributed by atoms with Crippen LogP contribution in [-0.2, 0) is 28.7 Å². The first-order valence-corrected chi connectivity index (χ1v) is 12.0. The molecule has 1 heterocycles. The number of fused-ring (bicyclic) bond motifs is 1. The summed E-state index contributed by atoms with van der Waals surface area (Å²) in [7, 11) is -3.56. The molecular weight excluding hydrogens is 408 g/mol. The summed E-state index contributed by atoms with van der Waals surface area (Å²) in [5.74, 6) is -0.0805. The Hall–Kier alpha value is -3.12. The molecule has 160 valence electrons. The van der Waals surface area contributed by atoms with Crippen molar-refractivity contribution in [2.45, 2.75) is 32.6 Å². The van der Waals surface area contributed by atoms with Gasteiger partial charge in [-0.25, -0.2) is 8.42 Å². The lowest BCUT2D eigenvalue weighted by atomic mass is 9.98. The molecule has 1 N–H and O–H groups in total. The fourth-order valence-electron chi connectivity index (χ4n) is 3.93. The zero-order chi connectivity index (χ0) is 22.0. The summed E-state index contributed by atoms with van der Waals surface area (Å²) >= 11 is 0. The van der Waals surface area contributed by atoms with E-state index in [-0.39, 0.29) is 11.7 Å². The Bertz CT molecular complexity index is 1220. The molecule has 3 aromatic carbocycles. The molecule has 5 nitrogen and oxygen atoms in total. The van der Waals surface area contributed by atoms with Gasteiger partial charge in [-0.15, -0.1) is 0 Å². The van der Waals surface area contributed by atoms with Gasteiger partial charge in [0.05, 0.1) is 5.75 Å². The number of carbonyl (C=O) groups is 1. The molecule has 1 aliphatic rings. The van der Waals surface area contributed by atoms with Crippen molar-refractivity contribution in [3.05, 3.63) is 100 Å². The van der Waals surface area contributed by atoms with Crippen LogP contribution in [0.1, 0.15) is 38.2 Å². The second-order valence-electron chi connectivity index (χ2n) is 8.12. The van der Waals surface area contributed by atoms with Gasteiger partial charge in [-0.3, -0.25) is 9.52 Å². The minimum Gasteiger partial charge on any atom is -0.334 e. The van der Waals surface area contributed by atoms with Gasteiger partial charge in [-0.05, 0) is 66.8 Å². The lowest BCUT2D eigenvalue weighted by molar-refractivity contribution is 0.0734. The summed E-state index contributed by atoms with van der Waals surface area (Å²) < 4.78 is 28.3. The number of nitrogens with zero attached hydrogens (tertiary/aromatic N) is 1. The minimum absolute atomic E-state index is 0.00726. The standard InChI is InChI=1S/C25H26N2O3S/c1-18-8-9-19(2)23(14-18)17-31(29,30)26-24-11-10-20-12-13-27(16-22(20)15-24)25(28)21-6-4-3-5-7-21/h3-11,14-15,26H,12-13,16-17H2,1-2H3. The molecule has 0 atom stereocenters. The van der Waals surface area contributed by atoms with Crippen LogP contribution >= 0.6 is 0 Å². The predicted octanol–water partition coefficient (Wildman–Crippen LogP) is 4.44. The van der Waals surface area contributed by atoms with Crippen LogP contribution in [0, 0.1) is 13.8 Å². The Kier molecular flexibility index (Phi) is 5.83. The van der Waals surface area contributed by atoms with Gasteiger partial charge in [-0.2, -0.15) is 0 Å². The van der Waals surface area contributed by atoms with E-state index in [9.17, 15) is 13.2 Å². The van der Waals surface area contributed by atoms with Gasteiger partial charge in [-0.1, -0.05) is 48.0 Å². The van der Waals surface area contributed by atoms with Crippen molar-refractivity contribution in [3.8, 4) is 0 Å². The van der Waals surface area contributed by atoms with Crippen LogP contribution < -0.4 is 4.72 Å². The summed E-state index contributed by atoms with van der Waals surface area (Å²) in [6, 6.07) is 20.7. The van der Waals surface area contributed by atoms with E-state index in [2.05, 4.69) is 4.72 Å². The third kappa shape index (κ3) is 4.97. The van der Waals surface area contributed by atoms with Gasteiger partial charge in [0.2, 0.25) is 10.0 Å². The molecule has 0 saturated heterocycles. The van der Waals surface area contributed by atoms with Gasteiger partial charge in [0.15, 0.2) is 0 Å². The van der Waals surface area contributed by atoms with Crippen LogP contribution in [0.2, 0.25) is 0 Å². The van der Waals surface area contributed by atoms with Crippen molar-refractivity contribution in [2.75, 3.05) is 11.3 Å². The van der Waals surface area contributed by atoms with Crippen molar-refractivity contribution in [1.29, 1.82) is 0 Å². The van der Waals surface area contributed by atoms with E-state index in [4.69, 9.17) is 0 Å². The Balaban J connectivity index is 1.50. The van der Waals surface area contributed by atoms with E-state index in [0.29, 0.717) is 24.3 Å². The summed E-state index contributed by atoms with van der Waals surface area (Å²) in [6.45, 7) is 4.99. The highest BCUT2D eigenvalue weighted by Gasteiger charge is 2.22. The molecule has 0 fully saturated rings. The first-order chi connectivity index (χ1) is 14.8. The van der Waals surface area contributed by atoms with Gasteiger partial charge < -0.3 is 4.90 Å². The molecule has 1 aliphatic heterocycles. The van der Waals surface area contributed by atoms with Gasteiger partial charge in [0.1, 0.15) is 0 Å². The van der Waals surface area contributed by atoms with E-state index in [1.807, 2.05) is 79.4 Å². The highest BCUT2D eigenvalue weighted by molar-refractivity contribution is 7.91. The van der Waals surface area contributed by atoms with Crippen molar-refractivity contribution >= 4 is 21.6 Å². The Morgan fingerprint density at radius 1 is 0.968 bits per heavy atom. The average Bonchev–Trinajstić information content (AvgIpc) is 2.75. The number of sulfonamides is 1. The van der Waals surface area contributed by atoms with Gasteiger partial charge in [0.25, 0.3) is 5.91 Å². The SMILES string of the molecule is Cc1ccc(C)c(CS(=O)(=O)Nc2ccc3c(c2)CN(C(=O)c2ccccc2)CC3)c1. The van der Waals surface area contributed by atoms with E-state index in [0.717, 1.165) is 34.2 Å². The maximum absolute atomic E-state index is 12.8. The van der Waals surface area contributed by atoms with Crippen molar-refractivity contribution in [3.63, 3.8) is 0 Å². The third-order valence-electron chi connectivity index (χ3n) is 5.65. The maximum atomic E-state index is 12.8. The van der Waals surface area contributed by atoms with E-state index in [1.165, 1.54) is 0 Å². The number of carbonyl (C=O) groups excluding carboxylic acids is 1. The number of rotatable bonds is 5. The topological polar surface area (TPSA) is 66.5 Å². The lowest BCUT2D eigenvalue weighted by Gasteiger charge is -2.29. The number of nitrogens with one attached hydrogen (secondary N) is 1. The molecule has 6 heteroatoms. The predicted molar refractivity (Wildman–Crippen MR) is 123 cm³/mol. The molecule has 4 rings (SSSR count). The number of hydrogen-bond donors (Lipinski definition) is 1. The second kappa shape index (κ2) is 8.55. The largest absolute Gasteiger partial charge is 0.334 e. The van der Waals surface area contributed by atoms with Gasteiger partial charge in [0, 0.05) is 24.3 Å². The van der Waals surface area contributed by atoms with Gasteiger partial charge >= 0.3 is 0 Å². The highest BCUT2D eigenvalue weighted by atomic mass is 32.2. The summed E-state index contributed by atoms with van der Waals surface area (Å²) in [5, 5.41) is 0. The Labute approximate surface area is 183 Å². The zero-order valence-corrected chi connectivity index (χ0v) is 18.6. The molecule has 3 aromatic rings.